The first-order chi connectivity index (χ1) is 8.22. The van der Waals surface area contributed by atoms with E-state index in [0.29, 0.717) is 0 Å². The minimum absolute atomic E-state index is 0.117. The molecule has 0 aliphatic heterocycles. The largest absolute Gasteiger partial charge is 0.393 e. The molecule has 1 N–H and O–H groups in total. The van der Waals surface area contributed by atoms with Gasteiger partial charge in [-0.1, -0.05) is 62.4 Å². The highest BCUT2D eigenvalue weighted by molar-refractivity contribution is 5.21. The summed E-state index contributed by atoms with van der Waals surface area (Å²) in [5, 5.41) is 9.86. The number of hydrogen-bond acceptors (Lipinski definition) is 1. The molecule has 0 spiro atoms. The van der Waals surface area contributed by atoms with Crippen molar-refractivity contribution in [3.05, 3.63) is 35.4 Å². The lowest BCUT2D eigenvalue weighted by Crippen LogP contribution is -2.07. The first-order valence-electron chi connectivity index (χ1n) is 6.96. The summed E-state index contributed by atoms with van der Waals surface area (Å²) >= 11 is 0. The van der Waals surface area contributed by atoms with Gasteiger partial charge < -0.3 is 5.11 Å². The second kappa shape index (κ2) is 8.30. The summed E-state index contributed by atoms with van der Waals surface area (Å²) in [5.41, 5.74) is 2.64. The first kappa shape index (κ1) is 14.2. The summed E-state index contributed by atoms with van der Waals surface area (Å²) in [5.74, 6) is 0. The maximum Gasteiger partial charge on any atom is 0.0543 e. The summed E-state index contributed by atoms with van der Waals surface area (Å²) in [7, 11) is 0. The lowest BCUT2D eigenvalue weighted by molar-refractivity contribution is 0.151. The monoisotopic (exact) mass is 234 g/mol. The van der Waals surface area contributed by atoms with Gasteiger partial charge in [-0.15, -0.1) is 0 Å². The van der Waals surface area contributed by atoms with E-state index >= 15 is 0 Å². The van der Waals surface area contributed by atoms with Gasteiger partial charge in [0.05, 0.1) is 6.10 Å². The smallest absolute Gasteiger partial charge is 0.0543 e. The third kappa shape index (κ3) is 6.48. The molecular formula is C16H26O. The molecule has 1 aromatic carbocycles. The van der Waals surface area contributed by atoms with Gasteiger partial charge in [0.15, 0.2) is 0 Å². The summed E-state index contributed by atoms with van der Waals surface area (Å²) in [6.07, 6.45) is 7.73. The van der Waals surface area contributed by atoms with Crippen molar-refractivity contribution in [2.75, 3.05) is 0 Å². The topological polar surface area (TPSA) is 20.2 Å². The van der Waals surface area contributed by atoms with Crippen LogP contribution in [0.1, 0.15) is 56.6 Å². The molecule has 0 saturated carbocycles. The molecule has 1 heteroatoms. The molecule has 1 aromatic rings. The molecule has 0 aliphatic rings. The molecular weight excluding hydrogens is 208 g/mol. The quantitative estimate of drug-likeness (QED) is 0.666. The molecule has 17 heavy (non-hydrogen) atoms. The van der Waals surface area contributed by atoms with E-state index in [1.807, 2.05) is 0 Å². The van der Waals surface area contributed by atoms with E-state index in [1.165, 1.54) is 36.8 Å². The lowest BCUT2D eigenvalue weighted by Gasteiger charge is -2.10. The van der Waals surface area contributed by atoms with E-state index in [0.717, 1.165) is 19.3 Å². The third-order valence-corrected chi connectivity index (χ3v) is 3.28. The third-order valence-electron chi connectivity index (χ3n) is 3.28. The number of rotatable bonds is 8. The van der Waals surface area contributed by atoms with Crippen LogP contribution < -0.4 is 0 Å². The zero-order valence-electron chi connectivity index (χ0n) is 11.3. The predicted octanol–water partition coefficient (Wildman–Crippen LogP) is 4.26. The number of aliphatic hydroxyl groups excluding tert-OH is 1. The Hall–Kier alpha value is -0.820. The molecule has 1 unspecified atom stereocenters. The van der Waals surface area contributed by atoms with E-state index in [4.69, 9.17) is 0 Å². The Balaban J connectivity index is 2.14. The summed E-state index contributed by atoms with van der Waals surface area (Å²) in [6.45, 7) is 4.32. The van der Waals surface area contributed by atoms with Crippen molar-refractivity contribution in [2.24, 2.45) is 0 Å². The van der Waals surface area contributed by atoms with E-state index in [9.17, 15) is 5.11 Å². The molecule has 0 fully saturated rings. The summed E-state index contributed by atoms with van der Waals surface area (Å²) in [6, 6.07) is 8.62. The molecule has 0 aromatic heterocycles. The van der Waals surface area contributed by atoms with Crippen LogP contribution in [0.4, 0.5) is 0 Å². The Kier molecular flexibility index (Phi) is 6.95. The van der Waals surface area contributed by atoms with E-state index in [2.05, 4.69) is 38.1 Å². The number of hydrogen-bond donors (Lipinski definition) is 1. The van der Waals surface area contributed by atoms with Crippen molar-refractivity contribution in [3.63, 3.8) is 0 Å². The van der Waals surface area contributed by atoms with Crippen LogP contribution in [-0.2, 0) is 6.42 Å². The van der Waals surface area contributed by atoms with Gasteiger partial charge in [-0.2, -0.15) is 0 Å². The molecule has 1 nitrogen and oxygen atoms in total. The highest BCUT2D eigenvalue weighted by atomic mass is 16.3. The minimum atomic E-state index is -0.117. The van der Waals surface area contributed by atoms with E-state index in [-0.39, 0.29) is 6.10 Å². The average molecular weight is 234 g/mol. The fraction of sp³-hybridized carbons (Fsp3) is 0.625. The van der Waals surface area contributed by atoms with Gasteiger partial charge in [-0.3, -0.25) is 0 Å². The van der Waals surface area contributed by atoms with E-state index < -0.39 is 0 Å². The molecule has 1 atom stereocenters. The van der Waals surface area contributed by atoms with Crippen molar-refractivity contribution in [1.29, 1.82) is 0 Å². The second-order valence-corrected chi connectivity index (χ2v) is 5.03. The van der Waals surface area contributed by atoms with Gasteiger partial charge in [0.2, 0.25) is 0 Å². The molecule has 0 saturated heterocycles. The first-order valence-corrected chi connectivity index (χ1v) is 6.96. The second-order valence-electron chi connectivity index (χ2n) is 5.03. The molecule has 0 aliphatic carbocycles. The molecule has 1 rings (SSSR count). The van der Waals surface area contributed by atoms with Crippen LogP contribution in [0, 0.1) is 6.92 Å². The Morgan fingerprint density at radius 1 is 1.00 bits per heavy atom. The number of unbranched alkanes of at least 4 members (excludes halogenated alkanes) is 3. The maximum atomic E-state index is 9.86. The van der Waals surface area contributed by atoms with Crippen LogP contribution in [0.5, 0.6) is 0 Å². The normalized spacial score (nSPS) is 12.6. The van der Waals surface area contributed by atoms with Crippen LogP contribution >= 0.6 is 0 Å². The van der Waals surface area contributed by atoms with Crippen LogP contribution in [0.3, 0.4) is 0 Å². The number of aliphatic hydroxyl groups is 1. The fourth-order valence-corrected chi connectivity index (χ4v) is 2.04. The SMILES string of the molecule is CCCCCCC(O)CCc1ccc(C)cc1. The molecule has 0 radical (unpaired) electrons. The Morgan fingerprint density at radius 2 is 1.71 bits per heavy atom. The van der Waals surface area contributed by atoms with Crippen molar-refractivity contribution >= 4 is 0 Å². The maximum absolute atomic E-state index is 9.86. The van der Waals surface area contributed by atoms with Gasteiger partial charge in [0.1, 0.15) is 0 Å². The Labute approximate surface area is 106 Å². The van der Waals surface area contributed by atoms with Gasteiger partial charge >= 0.3 is 0 Å². The summed E-state index contributed by atoms with van der Waals surface area (Å²) in [4.78, 5) is 0. The lowest BCUT2D eigenvalue weighted by atomic mass is 10.0. The van der Waals surface area contributed by atoms with Crippen LogP contribution in [-0.4, -0.2) is 11.2 Å². The molecule has 0 amide bonds. The van der Waals surface area contributed by atoms with Crippen molar-refractivity contribution < 1.29 is 5.11 Å². The Bertz CT molecular complexity index is 289. The molecule has 0 heterocycles. The van der Waals surface area contributed by atoms with Gasteiger partial charge in [-0.25, -0.2) is 0 Å². The fourth-order valence-electron chi connectivity index (χ4n) is 2.04. The number of aryl methyl sites for hydroxylation is 2. The Morgan fingerprint density at radius 3 is 2.35 bits per heavy atom. The van der Waals surface area contributed by atoms with Gasteiger partial charge in [-0.05, 0) is 31.7 Å². The standard InChI is InChI=1S/C16H26O/c1-3-4-5-6-7-16(17)13-12-15-10-8-14(2)9-11-15/h8-11,16-17H,3-7,12-13H2,1-2H3. The van der Waals surface area contributed by atoms with Crippen LogP contribution in [0.25, 0.3) is 0 Å². The van der Waals surface area contributed by atoms with Crippen LogP contribution in [0.2, 0.25) is 0 Å². The highest BCUT2D eigenvalue weighted by Gasteiger charge is 2.04. The highest BCUT2D eigenvalue weighted by Crippen LogP contribution is 2.12. The minimum Gasteiger partial charge on any atom is -0.393 e. The van der Waals surface area contributed by atoms with Crippen molar-refractivity contribution in [3.8, 4) is 0 Å². The van der Waals surface area contributed by atoms with Gasteiger partial charge in [0.25, 0.3) is 0 Å². The molecule has 96 valence electrons. The number of benzene rings is 1. The average Bonchev–Trinajstić information content (AvgIpc) is 2.34. The van der Waals surface area contributed by atoms with Crippen LogP contribution in [0.15, 0.2) is 24.3 Å². The van der Waals surface area contributed by atoms with Crippen molar-refractivity contribution in [1.82, 2.24) is 0 Å². The van der Waals surface area contributed by atoms with Gasteiger partial charge in [0, 0.05) is 0 Å². The van der Waals surface area contributed by atoms with Crippen molar-refractivity contribution in [2.45, 2.75) is 64.9 Å². The zero-order chi connectivity index (χ0) is 12.5. The predicted molar refractivity (Wildman–Crippen MR) is 74.3 cm³/mol. The molecule has 0 bridgehead atoms. The summed E-state index contributed by atoms with van der Waals surface area (Å²) < 4.78 is 0. The van der Waals surface area contributed by atoms with E-state index in [1.54, 1.807) is 0 Å². The zero-order valence-corrected chi connectivity index (χ0v) is 11.3.